The molecule has 1 atom stereocenters. The van der Waals surface area contributed by atoms with Crippen molar-refractivity contribution in [2.45, 2.75) is 19.4 Å². The van der Waals surface area contributed by atoms with Crippen molar-refractivity contribution in [1.82, 2.24) is 5.32 Å². The molecule has 20 heavy (non-hydrogen) atoms. The number of hydrogen-bond acceptors (Lipinski definition) is 1. The number of thiocarbonyl (C=S) groups is 1. The monoisotopic (exact) mass is 304 g/mol. The van der Waals surface area contributed by atoms with Gasteiger partial charge in [-0.1, -0.05) is 61.0 Å². The molecule has 0 aliphatic heterocycles. The number of rotatable bonds is 4. The number of benzene rings is 2. The number of anilines is 1. The van der Waals surface area contributed by atoms with Crippen LogP contribution in [0.5, 0.6) is 0 Å². The van der Waals surface area contributed by atoms with Crippen LogP contribution in [0.25, 0.3) is 0 Å². The molecule has 2 aromatic carbocycles. The first-order valence-corrected chi connectivity index (χ1v) is 7.36. The van der Waals surface area contributed by atoms with Crippen LogP contribution in [0, 0.1) is 0 Å². The highest BCUT2D eigenvalue weighted by Crippen LogP contribution is 2.21. The van der Waals surface area contributed by atoms with E-state index in [4.69, 9.17) is 23.8 Å². The van der Waals surface area contributed by atoms with Crippen molar-refractivity contribution in [3.63, 3.8) is 0 Å². The van der Waals surface area contributed by atoms with Crippen LogP contribution < -0.4 is 10.6 Å². The Bertz CT molecular complexity index is 572. The second-order valence-electron chi connectivity index (χ2n) is 4.45. The van der Waals surface area contributed by atoms with Gasteiger partial charge in [0.25, 0.3) is 0 Å². The van der Waals surface area contributed by atoms with Crippen LogP contribution in [-0.4, -0.2) is 5.11 Å². The maximum Gasteiger partial charge on any atom is 0.171 e. The van der Waals surface area contributed by atoms with Gasteiger partial charge in [-0.15, -0.1) is 0 Å². The summed E-state index contributed by atoms with van der Waals surface area (Å²) in [6.07, 6.45) is 0.953. The van der Waals surface area contributed by atoms with Gasteiger partial charge < -0.3 is 10.6 Å². The summed E-state index contributed by atoms with van der Waals surface area (Å²) in [5.41, 5.74) is 2.04. The van der Waals surface area contributed by atoms with Gasteiger partial charge in [-0.05, 0) is 36.3 Å². The Kier molecular flexibility index (Phi) is 5.39. The van der Waals surface area contributed by atoms with Gasteiger partial charge in [0.2, 0.25) is 0 Å². The summed E-state index contributed by atoms with van der Waals surface area (Å²) < 4.78 is 0. The first-order chi connectivity index (χ1) is 9.70. The maximum absolute atomic E-state index is 6.11. The second kappa shape index (κ2) is 7.27. The highest BCUT2D eigenvalue weighted by atomic mass is 35.5. The summed E-state index contributed by atoms with van der Waals surface area (Å²) in [6, 6.07) is 18.0. The molecule has 0 fully saturated rings. The molecule has 2 N–H and O–H groups in total. The third kappa shape index (κ3) is 3.95. The lowest BCUT2D eigenvalue weighted by atomic mass is 10.1. The Morgan fingerprint density at radius 3 is 2.40 bits per heavy atom. The fraction of sp³-hybridized carbons (Fsp3) is 0.188. The lowest BCUT2D eigenvalue weighted by Crippen LogP contribution is -2.32. The molecule has 2 rings (SSSR count). The minimum Gasteiger partial charge on any atom is -0.356 e. The summed E-state index contributed by atoms with van der Waals surface area (Å²) in [5.74, 6) is 0. The molecule has 2 nitrogen and oxygen atoms in total. The summed E-state index contributed by atoms with van der Waals surface area (Å²) >= 11 is 11.5. The van der Waals surface area contributed by atoms with Gasteiger partial charge in [0, 0.05) is 0 Å². The number of hydrogen-bond donors (Lipinski definition) is 2. The lowest BCUT2D eigenvalue weighted by molar-refractivity contribution is 0.629. The largest absolute Gasteiger partial charge is 0.356 e. The molecule has 0 aliphatic rings. The lowest BCUT2D eigenvalue weighted by Gasteiger charge is -2.20. The molecule has 0 radical (unpaired) electrons. The zero-order valence-electron chi connectivity index (χ0n) is 11.3. The summed E-state index contributed by atoms with van der Waals surface area (Å²) in [4.78, 5) is 0. The quantitative estimate of drug-likeness (QED) is 0.795. The van der Waals surface area contributed by atoms with Crippen molar-refractivity contribution in [2.75, 3.05) is 5.32 Å². The van der Waals surface area contributed by atoms with Gasteiger partial charge in [-0.25, -0.2) is 0 Å². The van der Waals surface area contributed by atoms with E-state index in [1.54, 1.807) is 0 Å². The molecule has 0 amide bonds. The van der Waals surface area contributed by atoms with Crippen molar-refractivity contribution in [2.24, 2.45) is 0 Å². The average Bonchev–Trinajstić information content (AvgIpc) is 2.48. The van der Waals surface area contributed by atoms with Crippen molar-refractivity contribution in [3.05, 3.63) is 65.2 Å². The molecule has 4 heteroatoms. The van der Waals surface area contributed by atoms with Gasteiger partial charge in [-0.2, -0.15) is 0 Å². The summed E-state index contributed by atoms with van der Waals surface area (Å²) in [6.45, 7) is 2.13. The van der Waals surface area contributed by atoms with E-state index in [0.717, 1.165) is 12.1 Å². The van der Waals surface area contributed by atoms with Crippen LogP contribution in [0.1, 0.15) is 24.9 Å². The third-order valence-electron chi connectivity index (χ3n) is 3.04. The fourth-order valence-electron chi connectivity index (χ4n) is 1.99. The predicted molar refractivity (Wildman–Crippen MR) is 90.3 cm³/mol. The molecule has 0 aromatic heterocycles. The topological polar surface area (TPSA) is 24.1 Å². The van der Waals surface area contributed by atoms with E-state index in [1.165, 1.54) is 5.56 Å². The third-order valence-corrected chi connectivity index (χ3v) is 3.59. The molecule has 0 bridgehead atoms. The SMILES string of the molecule is CC[C@@H](NC(=S)Nc1ccccc1Cl)c1ccccc1. The minimum atomic E-state index is 0.193. The maximum atomic E-state index is 6.11. The first kappa shape index (κ1) is 14.8. The van der Waals surface area contributed by atoms with Gasteiger partial charge in [0.1, 0.15) is 0 Å². The Hall–Kier alpha value is -1.58. The first-order valence-electron chi connectivity index (χ1n) is 6.57. The Balaban J connectivity index is 2.02. The highest BCUT2D eigenvalue weighted by molar-refractivity contribution is 7.80. The smallest absolute Gasteiger partial charge is 0.171 e. The van der Waals surface area contributed by atoms with Crippen LogP contribution in [0.15, 0.2) is 54.6 Å². The standard InChI is InChI=1S/C16H17ClN2S/c1-2-14(12-8-4-3-5-9-12)18-16(20)19-15-11-7-6-10-13(15)17/h3-11,14H,2H2,1H3,(H2,18,19,20)/t14-/m1/s1. The van der Waals surface area contributed by atoms with E-state index in [1.807, 2.05) is 42.5 Å². The summed E-state index contributed by atoms with van der Waals surface area (Å²) in [7, 11) is 0. The van der Waals surface area contributed by atoms with Crippen molar-refractivity contribution in [3.8, 4) is 0 Å². The minimum absolute atomic E-state index is 0.193. The molecule has 0 saturated carbocycles. The Morgan fingerprint density at radius 2 is 1.75 bits per heavy atom. The van der Waals surface area contributed by atoms with Crippen molar-refractivity contribution >= 4 is 34.6 Å². The van der Waals surface area contributed by atoms with Crippen LogP contribution in [-0.2, 0) is 0 Å². The van der Waals surface area contributed by atoms with E-state index in [-0.39, 0.29) is 6.04 Å². The number of halogens is 1. The Morgan fingerprint density at radius 1 is 1.10 bits per heavy atom. The molecular formula is C16H17ClN2S. The zero-order chi connectivity index (χ0) is 14.4. The number of para-hydroxylation sites is 1. The van der Waals surface area contributed by atoms with E-state index in [2.05, 4.69) is 29.7 Å². The number of nitrogens with one attached hydrogen (secondary N) is 2. The van der Waals surface area contributed by atoms with E-state index < -0.39 is 0 Å². The highest BCUT2D eigenvalue weighted by Gasteiger charge is 2.10. The molecule has 0 heterocycles. The zero-order valence-corrected chi connectivity index (χ0v) is 12.8. The molecule has 0 aliphatic carbocycles. The van der Waals surface area contributed by atoms with Crippen LogP contribution in [0.3, 0.4) is 0 Å². The van der Waals surface area contributed by atoms with Gasteiger partial charge in [0.05, 0.1) is 16.8 Å². The Labute approximate surface area is 130 Å². The molecule has 0 spiro atoms. The van der Waals surface area contributed by atoms with Gasteiger partial charge in [0.15, 0.2) is 5.11 Å². The fourth-order valence-corrected chi connectivity index (χ4v) is 2.42. The van der Waals surface area contributed by atoms with Crippen molar-refractivity contribution in [1.29, 1.82) is 0 Å². The molecule has 0 saturated heterocycles. The normalized spacial score (nSPS) is 11.7. The molecular weight excluding hydrogens is 288 g/mol. The van der Waals surface area contributed by atoms with E-state index in [0.29, 0.717) is 10.1 Å². The van der Waals surface area contributed by atoms with E-state index >= 15 is 0 Å². The van der Waals surface area contributed by atoms with Crippen molar-refractivity contribution < 1.29 is 0 Å². The van der Waals surface area contributed by atoms with Crippen LogP contribution >= 0.6 is 23.8 Å². The summed E-state index contributed by atoms with van der Waals surface area (Å²) in [5, 5.41) is 7.69. The van der Waals surface area contributed by atoms with Crippen LogP contribution in [0.2, 0.25) is 5.02 Å². The second-order valence-corrected chi connectivity index (χ2v) is 5.27. The van der Waals surface area contributed by atoms with Gasteiger partial charge in [-0.3, -0.25) is 0 Å². The van der Waals surface area contributed by atoms with Gasteiger partial charge >= 0.3 is 0 Å². The molecule has 2 aromatic rings. The van der Waals surface area contributed by atoms with E-state index in [9.17, 15) is 0 Å². The van der Waals surface area contributed by atoms with Crippen LogP contribution in [0.4, 0.5) is 5.69 Å². The predicted octanol–water partition coefficient (Wildman–Crippen LogP) is 4.78. The molecule has 0 unspecified atom stereocenters. The average molecular weight is 305 g/mol. The molecule has 104 valence electrons.